The predicted octanol–water partition coefficient (Wildman–Crippen LogP) is 9.10. The SMILES string of the molecule is Cc1c(-c2nc3cc(CN4CC(=CC#N)C4)c(OC(F)F)cc3o2)cccc1-c1cccc(-c2nc3cc(CN4CCC[C@H]4C(=O)O)c(OC(F)F)cc3o2)c1C. The summed E-state index contributed by atoms with van der Waals surface area (Å²) >= 11 is 0. The largest absolute Gasteiger partial charge is 0.480 e. The van der Waals surface area contributed by atoms with E-state index in [0.29, 0.717) is 78.2 Å². The second kappa shape index (κ2) is 15.4. The van der Waals surface area contributed by atoms with Gasteiger partial charge in [-0.1, -0.05) is 24.3 Å². The molecule has 1 atom stereocenters. The molecule has 57 heavy (non-hydrogen) atoms. The standard InChI is InChI=1S/C42H35F4N5O6/c1-22-27(6-3-8-29(22)38-48-31-14-25(20-50-18-24(19-50)11-12-47)34(56-41(43)44)16-36(31)54-38)28-7-4-9-30(23(28)2)39-49-32-15-26(21-51-13-5-10-33(51)40(52)53)35(57-42(45)46)17-37(32)55-39/h3-4,6-9,11,14-17,33,41-42H,5,10,13,18-21H2,1-2H3,(H,52,53)/t33-/m0/s1. The highest BCUT2D eigenvalue weighted by Crippen LogP contribution is 2.40. The fourth-order valence-electron chi connectivity index (χ4n) is 7.78. The van der Waals surface area contributed by atoms with Gasteiger partial charge >= 0.3 is 19.2 Å². The lowest BCUT2D eigenvalue weighted by Crippen LogP contribution is -2.39. The maximum Gasteiger partial charge on any atom is 0.387 e. The van der Waals surface area contributed by atoms with E-state index in [-0.39, 0.29) is 35.1 Å². The summed E-state index contributed by atoms with van der Waals surface area (Å²) in [7, 11) is 0. The van der Waals surface area contributed by atoms with E-state index in [0.717, 1.165) is 27.8 Å². The monoisotopic (exact) mass is 781 g/mol. The first kappa shape index (κ1) is 37.7. The number of likely N-dealkylation sites (tertiary alicyclic amines) is 2. The van der Waals surface area contributed by atoms with Crippen molar-refractivity contribution >= 4 is 28.2 Å². The van der Waals surface area contributed by atoms with Crippen molar-refractivity contribution in [3.8, 4) is 51.6 Å². The van der Waals surface area contributed by atoms with Gasteiger partial charge in [-0.05, 0) is 85.3 Å². The number of benzene rings is 4. The summed E-state index contributed by atoms with van der Waals surface area (Å²) in [4.78, 5) is 25.0. The number of rotatable bonds is 12. The molecule has 0 saturated carbocycles. The van der Waals surface area contributed by atoms with Crippen LogP contribution in [0.2, 0.25) is 0 Å². The molecule has 4 heterocycles. The molecule has 2 saturated heterocycles. The van der Waals surface area contributed by atoms with Gasteiger partial charge in [-0.3, -0.25) is 14.6 Å². The van der Waals surface area contributed by atoms with Crippen molar-refractivity contribution in [1.29, 1.82) is 5.26 Å². The molecule has 4 aromatic carbocycles. The first-order valence-electron chi connectivity index (χ1n) is 18.2. The molecule has 8 rings (SSSR count). The second-order valence-corrected chi connectivity index (χ2v) is 14.2. The molecule has 0 aliphatic carbocycles. The summed E-state index contributed by atoms with van der Waals surface area (Å²) in [6.07, 6.45) is 2.63. The third-order valence-electron chi connectivity index (χ3n) is 10.5. The summed E-state index contributed by atoms with van der Waals surface area (Å²) < 4.78 is 75.9. The second-order valence-electron chi connectivity index (χ2n) is 14.2. The van der Waals surface area contributed by atoms with Crippen LogP contribution in [0.15, 0.2) is 81.1 Å². The Morgan fingerprint density at radius 3 is 1.86 bits per heavy atom. The maximum absolute atomic E-state index is 13.5. The fourth-order valence-corrected chi connectivity index (χ4v) is 7.78. The van der Waals surface area contributed by atoms with Crippen LogP contribution < -0.4 is 9.47 Å². The topological polar surface area (TPSA) is 138 Å². The fraction of sp³-hybridized carbons (Fsp3) is 0.286. The van der Waals surface area contributed by atoms with Gasteiger partial charge in [0.2, 0.25) is 11.8 Å². The van der Waals surface area contributed by atoms with Gasteiger partial charge in [0.05, 0.1) is 6.07 Å². The molecule has 0 spiro atoms. The van der Waals surface area contributed by atoms with Gasteiger partial charge in [-0.25, -0.2) is 9.97 Å². The Kier molecular flexibility index (Phi) is 10.2. The van der Waals surface area contributed by atoms with Crippen LogP contribution in [-0.4, -0.2) is 69.7 Å². The summed E-state index contributed by atoms with van der Waals surface area (Å²) in [6, 6.07) is 18.7. The Labute approximate surface area is 323 Å². The van der Waals surface area contributed by atoms with E-state index in [1.165, 1.54) is 18.2 Å². The van der Waals surface area contributed by atoms with E-state index in [1.807, 2.05) is 61.2 Å². The number of nitrogens with zero attached hydrogens (tertiary/aromatic N) is 5. The summed E-state index contributed by atoms with van der Waals surface area (Å²) in [5.74, 6) is -0.534. The smallest absolute Gasteiger partial charge is 0.387 e. The molecule has 15 heteroatoms. The minimum atomic E-state index is -3.10. The molecule has 0 bridgehead atoms. The zero-order valence-corrected chi connectivity index (χ0v) is 30.8. The summed E-state index contributed by atoms with van der Waals surface area (Å²) in [5, 5.41) is 18.6. The number of allylic oxidation sites excluding steroid dienone is 1. The average Bonchev–Trinajstić information content (AvgIpc) is 3.89. The van der Waals surface area contributed by atoms with Gasteiger partial charge in [0.1, 0.15) is 28.6 Å². The Balaban J connectivity index is 1.11. The molecule has 292 valence electrons. The van der Waals surface area contributed by atoms with Crippen molar-refractivity contribution in [3.05, 3.63) is 94.6 Å². The predicted molar refractivity (Wildman–Crippen MR) is 201 cm³/mol. The third-order valence-corrected chi connectivity index (χ3v) is 10.5. The van der Waals surface area contributed by atoms with Gasteiger partial charge in [-0.2, -0.15) is 22.8 Å². The zero-order chi connectivity index (χ0) is 40.0. The molecule has 0 radical (unpaired) electrons. The van der Waals surface area contributed by atoms with Crippen LogP contribution in [0.1, 0.15) is 35.1 Å². The first-order chi connectivity index (χ1) is 27.4. The minimum Gasteiger partial charge on any atom is -0.480 e. The summed E-state index contributed by atoms with van der Waals surface area (Å²) in [5.41, 5.74) is 7.97. The van der Waals surface area contributed by atoms with E-state index in [2.05, 4.69) is 0 Å². The quantitative estimate of drug-likeness (QED) is 0.0940. The number of carboxylic acid groups (broad SMARTS) is 1. The molecule has 1 N–H and O–H groups in total. The van der Waals surface area contributed by atoms with Gasteiger partial charge in [-0.15, -0.1) is 0 Å². The van der Waals surface area contributed by atoms with Crippen molar-refractivity contribution in [2.45, 2.75) is 59.0 Å². The Bertz CT molecular complexity index is 2590. The Morgan fingerprint density at radius 2 is 1.37 bits per heavy atom. The number of alkyl halides is 4. The van der Waals surface area contributed by atoms with Gasteiger partial charge in [0.25, 0.3) is 0 Å². The van der Waals surface area contributed by atoms with Gasteiger partial charge < -0.3 is 23.4 Å². The number of carbonyl (C=O) groups is 1. The Morgan fingerprint density at radius 1 is 0.860 bits per heavy atom. The maximum atomic E-state index is 13.5. The number of ether oxygens (including phenoxy) is 2. The molecule has 0 amide bonds. The van der Waals surface area contributed by atoms with Crippen molar-refractivity contribution in [2.24, 2.45) is 0 Å². The molecule has 6 aromatic rings. The normalized spacial score (nSPS) is 16.1. The molecule has 11 nitrogen and oxygen atoms in total. The van der Waals surface area contributed by atoms with Crippen LogP contribution in [0.4, 0.5) is 17.6 Å². The van der Waals surface area contributed by atoms with Crippen molar-refractivity contribution < 1.29 is 45.8 Å². The van der Waals surface area contributed by atoms with Crippen molar-refractivity contribution in [3.63, 3.8) is 0 Å². The first-order valence-corrected chi connectivity index (χ1v) is 18.2. The lowest BCUT2D eigenvalue weighted by molar-refractivity contribution is -0.142. The Hall–Kier alpha value is -6.24. The highest BCUT2D eigenvalue weighted by Gasteiger charge is 2.32. The highest BCUT2D eigenvalue weighted by atomic mass is 19.3. The van der Waals surface area contributed by atoms with Crippen LogP contribution in [0.5, 0.6) is 11.5 Å². The third kappa shape index (κ3) is 7.53. The molecule has 2 fully saturated rings. The number of carboxylic acids is 1. The van der Waals surface area contributed by atoms with E-state index in [4.69, 9.17) is 33.5 Å². The molecular formula is C42H35F4N5O6. The summed E-state index contributed by atoms with van der Waals surface area (Å²) in [6.45, 7) is -0.258. The zero-order valence-electron chi connectivity index (χ0n) is 30.8. The molecule has 0 unspecified atom stereocenters. The number of aromatic nitrogens is 2. The van der Waals surface area contributed by atoms with Crippen LogP contribution in [0, 0.1) is 25.2 Å². The minimum absolute atomic E-state index is 0.0116. The number of hydrogen-bond donors (Lipinski definition) is 1. The van der Waals surface area contributed by atoms with Crippen LogP contribution in [-0.2, 0) is 17.9 Å². The number of oxazole rings is 2. The van der Waals surface area contributed by atoms with Crippen molar-refractivity contribution in [2.75, 3.05) is 19.6 Å². The number of fused-ring (bicyclic) bond motifs is 2. The highest BCUT2D eigenvalue weighted by molar-refractivity contribution is 5.85. The van der Waals surface area contributed by atoms with Crippen LogP contribution >= 0.6 is 0 Å². The van der Waals surface area contributed by atoms with Gasteiger partial charge in [0, 0.05) is 66.6 Å². The lowest BCUT2D eigenvalue weighted by atomic mass is 9.91. The van der Waals surface area contributed by atoms with E-state index >= 15 is 0 Å². The van der Waals surface area contributed by atoms with E-state index < -0.39 is 25.2 Å². The van der Waals surface area contributed by atoms with Crippen LogP contribution in [0.3, 0.4) is 0 Å². The molecule has 2 aliphatic heterocycles. The van der Waals surface area contributed by atoms with Crippen molar-refractivity contribution in [1.82, 2.24) is 19.8 Å². The number of aliphatic carboxylic acids is 1. The molecule has 2 aromatic heterocycles. The van der Waals surface area contributed by atoms with E-state index in [9.17, 15) is 27.5 Å². The average molecular weight is 782 g/mol. The lowest BCUT2D eigenvalue weighted by Gasteiger charge is -2.33. The molecule has 2 aliphatic rings. The van der Waals surface area contributed by atoms with Crippen LogP contribution in [0.25, 0.3) is 56.2 Å². The van der Waals surface area contributed by atoms with Gasteiger partial charge in [0.15, 0.2) is 11.2 Å². The number of halogens is 4. The number of hydrogen-bond acceptors (Lipinski definition) is 10. The molecular weight excluding hydrogens is 746 g/mol. The number of nitriles is 1. The van der Waals surface area contributed by atoms with E-state index in [1.54, 1.807) is 17.0 Å².